The molecule has 1 aromatic rings. The van der Waals surface area contributed by atoms with Gasteiger partial charge in [0.1, 0.15) is 23.5 Å². The van der Waals surface area contributed by atoms with E-state index in [1.165, 1.54) is 6.92 Å². The Kier molecular flexibility index (Phi) is 7.77. The Labute approximate surface area is 186 Å². The number of amides is 1. The molecule has 2 aliphatic rings. The number of hydrogen-bond donors (Lipinski definition) is 1. The molecule has 0 bridgehead atoms. The number of rotatable bonds is 7. The summed E-state index contributed by atoms with van der Waals surface area (Å²) in [5.74, 6) is 3.57. The van der Waals surface area contributed by atoms with Crippen LogP contribution in [0.4, 0.5) is 0 Å². The second-order valence-electron chi connectivity index (χ2n) is 8.93. The molecule has 1 aromatic carbocycles. The highest BCUT2D eigenvalue weighted by atomic mass is 16.5. The van der Waals surface area contributed by atoms with Crippen LogP contribution in [-0.2, 0) is 4.79 Å². The van der Waals surface area contributed by atoms with Crippen molar-refractivity contribution in [2.24, 2.45) is 10.9 Å². The van der Waals surface area contributed by atoms with Gasteiger partial charge in [0.25, 0.3) is 0 Å². The average Bonchev–Trinajstić information content (AvgIpc) is 3.02. The maximum atomic E-state index is 11.3. The first-order valence-electron chi connectivity index (χ1n) is 11.3. The molecule has 1 fully saturated rings. The number of aliphatic imine (C=N–C) groups is 1. The zero-order valence-electron chi connectivity index (χ0n) is 19.5. The lowest BCUT2D eigenvalue weighted by molar-refractivity contribution is -0.119. The summed E-state index contributed by atoms with van der Waals surface area (Å²) in [6.45, 7) is 10.7. The van der Waals surface area contributed by atoms with Crippen molar-refractivity contribution in [3.8, 4) is 5.75 Å². The molecule has 2 aliphatic heterocycles. The van der Waals surface area contributed by atoms with E-state index in [4.69, 9.17) is 9.73 Å². The zero-order chi connectivity index (χ0) is 22.4. The third-order valence-electron chi connectivity index (χ3n) is 5.58. The Morgan fingerprint density at radius 2 is 2.03 bits per heavy atom. The highest BCUT2D eigenvalue weighted by Gasteiger charge is 2.26. The van der Waals surface area contributed by atoms with Gasteiger partial charge in [-0.05, 0) is 36.6 Å². The van der Waals surface area contributed by atoms with E-state index in [9.17, 15) is 4.79 Å². The van der Waals surface area contributed by atoms with E-state index in [0.29, 0.717) is 5.92 Å². The monoisotopic (exact) mass is 424 g/mol. The highest BCUT2D eigenvalue weighted by molar-refractivity contribution is 5.84. The van der Waals surface area contributed by atoms with Crippen LogP contribution in [0.25, 0.3) is 0 Å². The van der Waals surface area contributed by atoms with Gasteiger partial charge >= 0.3 is 0 Å². The number of nitrogens with zero attached hydrogens (tertiary/aromatic N) is 3. The first-order chi connectivity index (χ1) is 14.8. The Morgan fingerprint density at radius 1 is 1.29 bits per heavy atom. The number of carbonyl (C=O) groups is 1. The number of likely N-dealkylation sites (tertiary alicyclic amines) is 1. The Bertz CT molecular complexity index is 842. The van der Waals surface area contributed by atoms with Crippen LogP contribution in [-0.4, -0.2) is 54.3 Å². The highest BCUT2D eigenvalue weighted by Crippen LogP contribution is 2.24. The van der Waals surface area contributed by atoms with Gasteiger partial charge in [0.15, 0.2) is 0 Å². The summed E-state index contributed by atoms with van der Waals surface area (Å²) in [6, 6.07) is 8.00. The van der Waals surface area contributed by atoms with E-state index in [1.807, 2.05) is 31.2 Å². The van der Waals surface area contributed by atoms with Gasteiger partial charge in [0.05, 0.1) is 12.6 Å². The van der Waals surface area contributed by atoms with Crippen LogP contribution in [0.5, 0.6) is 5.75 Å². The molecule has 3 rings (SSSR count). The minimum atomic E-state index is -0.0252. The lowest BCUT2D eigenvalue weighted by Gasteiger charge is -2.25. The maximum absolute atomic E-state index is 11.3. The predicted molar refractivity (Wildman–Crippen MR) is 126 cm³/mol. The summed E-state index contributed by atoms with van der Waals surface area (Å²) in [5.41, 5.74) is 1.07. The first-order valence-corrected chi connectivity index (χ1v) is 11.3. The van der Waals surface area contributed by atoms with E-state index >= 15 is 0 Å². The minimum absolute atomic E-state index is 0.00960. The Morgan fingerprint density at radius 3 is 2.71 bits per heavy atom. The minimum Gasteiger partial charge on any atom is -0.489 e. The second-order valence-corrected chi connectivity index (χ2v) is 8.93. The molecule has 168 valence electrons. The van der Waals surface area contributed by atoms with Gasteiger partial charge in [-0.15, -0.1) is 0 Å². The standard InChI is InChI=1S/C25H36N4O2/c1-18(2)16-28(5)24-8-6-7-9-25(27-24)29-15-14-23(17-29)31-22-12-10-21(11-13-22)19(3)26-20(4)30/h6-7,9-13,18-19,23H,8,14-17H2,1-5H3,(H,26,30). The summed E-state index contributed by atoms with van der Waals surface area (Å²) >= 11 is 0. The van der Waals surface area contributed by atoms with E-state index in [-0.39, 0.29) is 18.1 Å². The number of nitrogens with one attached hydrogen (secondary N) is 1. The number of ether oxygens (including phenoxy) is 1. The number of hydrogen-bond acceptors (Lipinski definition) is 5. The van der Waals surface area contributed by atoms with Gasteiger partial charge in [-0.3, -0.25) is 4.79 Å². The first kappa shape index (κ1) is 22.9. The molecule has 0 aliphatic carbocycles. The topological polar surface area (TPSA) is 57.2 Å². The molecule has 2 heterocycles. The molecular weight excluding hydrogens is 388 g/mol. The lowest BCUT2D eigenvalue weighted by atomic mass is 10.1. The van der Waals surface area contributed by atoms with Crippen molar-refractivity contribution >= 4 is 11.7 Å². The van der Waals surface area contributed by atoms with E-state index in [0.717, 1.165) is 55.4 Å². The van der Waals surface area contributed by atoms with Gasteiger partial charge in [0, 0.05) is 39.9 Å². The molecular formula is C25H36N4O2. The SMILES string of the molecule is CC(=O)NC(C)c1ccc(OC2CCN(C3=CC=CCC(N(C)CC(C)C)=N3)C2)cc1. The van der Waals surface area contributed by atoms with Crippen LogP contribution in [0.2, 0.25) is 0 Å². The molecule has 1 amide bonds. The smallest absolute Gasteiger partial charge is 0.217 e. The molecule has 6 heteroatoms. The third-order valence-corrected chi connectivity index (χ3v) is 5.58. The van der Waals surface area contributed by atoms with Gasteiger partial charge in [-0.2, -0.15) is 0 Å². The quantitative estimate of drug-likeness (QED) is 0.715. The van der Waals surface area contributed by atoms with E-state index in [2.05, 4.69) is 54.2 Å². The largest absolute Gasteiger partial charge is 0.489 e. The van der Waals surface area contributed by atoms with Crippen LogP contribution >= 0.6 is 0 Å². The van der Waals surface area contributed by atoms with Crippen LogP contribution in [0.1, 0.15) is 52.1 Å². The summed E-state index contributed by atoms with van der Waals surface area (Å²) in [6.07, 6.45) is 8.36. The molecule has 2 atom stereocenters. The van der Waals surface area contributed by atoms with E-state index < -0.39 is 0 Å². The number of carbonyl (C=O) groups excluding carboxylic acids is 1. The molecule has 2 unspecified atom stereocenters. The van der Waals surface area contributed by atoms with Crippen molar-refractivity contribution in [2.45, 2.75) is 52.7 Å². The van der Waals surface area contributed by atoms with Gasteiger partial charge in [-0.1, -0.05) is 38.1 Å². The van der Waals surface area contributed by atoms with Crippen molar-refractivity contribution < 1.29 is 9.53 Å². The van der Waals surface area contributed by atoms with Crippen molar-refractivity contribution in [3.63, 3.8) is 0 Å². The van der Waals surface area contributed by atoms with Crippen LogP contribution in [0.3, 0.4) is 0 Å². The predicted octanol–water partition coefficient (Wildman–Crippen LogP) is 4.12. The average molecular weight is 425 g/mol. The van der Waals surface area contributed by atoms with Gasteiger partial charge < -0.3 is 19.9 Å². The second kappa shape index (κ2) is 10.5. The summed E-state index contributed by atoms with van der Waals surface area (Å²) in [7, 11) is 2.13. The molecule has 0 radical (unpaired) electrons. The lowest BCUT2D eigenvalue weighted by Crippen LogP contribution is -2.31. The summed E-state index contributed by atoms with van der Waals surface area (Å²) < 4.78 is 6.24. The summed E-state index contributed by atoms with van der Waals surface area (Å²) in [5, 5.41) is 2.91. The molecule has 0 spiro atoms. The van der Waals surface area contributed by atoms with Crippen molar-refractivity contribution in [1.29, 1.82) is 0 Å². The van der Waals surface area contributed by atoms with Crippen molar-refractivity contribution in [2.75, 3.05) is 26.7 Å². The van der Waals surface area contributed by atoms with Crippen LogP contribution in [0, 0.1) is 5.92 Å². The summed E-state index contributed by atoms with van der Waals surface area (Å²) in [4.78, 5) is 20.8. The number of benzene rings is 1. The zero-order valence-corrected chi connectivity index (χ0v) is 19.5. The molecule has 0 saturated carbocycles. The number of allylic oxidation sites excluding steroid dienone is 2. The Balaban J connectivity index is 1.59. The third kappa shape index (κ3) is 6.61. The fraction of sp³-hybridized carbons (Fsp3) is 0.520. The molecule has 1 saturated heterocycles. The van der Waals surface area contributed by atoms with Crippen LogP contribution < -0.4 is 10.1 Å². The van der Waals surface area contributed by atoms with Crippen molar-refractivity contribution in [3.05, 3.63) is 53.9 Å². The molecule has 0 aromatic heterocycles. The fourth-order valence-electron chi connectivity index (χ4n) is 4.06. The van der Waals surface area contributed by atoms with Gasteiger partial charge in [-0.25, -0.2) is 4.99 Å². The normalized spacial score (nSPS) is 19.5. The molecule has 31 heavy (non-hydrogen) atoms. The van der Waals surface area contributed by atoms with Gasteiger partial charge in [0.2, 0.25) is 5.91 Å². The maximum Gasteiger partial charge on any atom is 0.217 e. The van der Waals surface area contributed by atoms with Crippen LogP contribution in [0.15, 0.2) is 53.3 Å². The number of amidine groups is 1. The van der Waals surface area contributed by atoms with Crippen molar-refractivity contribution in [1.82, 2.24) is 15.1 Å². The molecule has 1 N–H and O–H groups in total. The fourth-order valence-corrected chi connectivity index (χ4v) is 4.06. The molecule has 6 nitrogen and oxygen atoms in total. The van der Waals surface area contributed by atoms with E-state index in [1.54, 1.807) is 0 Å². The Hall–Kier alpha value is -2.76.